The monoisotopic (exact) mass is 472 g/mol. The van der Waals surface area contributed by atoms with E-state index in [1.807, 2.05) is 18.2 Å². The van der Waals surface area contributed by atoms with Gasteiger partial charge in [0, 0.05) is 18.7 Å². The lowest BCUT2D eigenvalue weighted by atomic mass is 10.1. The second kappa shape index (κ2) is 10.9. The number of sulfonamides is 1. The summed E-state index contributed by atoms with van der Waals surface area (Å²) >= 11 is 0. The minimum Gasteiger partial charge on any atom is -0.493 e. The lowest BCUT2D eigenvalue weighted by Crippen LogP contribution is -2.26. The number of hydrogen-bond acceptors (Lipinski definition) is 5. The summed E-state index contributed by atoms with van der Waals surface area (Å²) < 4.78 is 50.5. The Labute approximate surface area is 192 Å². The lowest BCUT2D eigenvalue weighted by Gasteiger charge is -2.10. The van der Waals surface area contributed by atoms with Crippen molar-refractivity contribution in [1.29, 1.82) is 0 Å². The van der Waals surface area contributed by atoms with E-state index in [1.165, 1.54) is 12.1 Å². The highest BCUT2D eigenvalue weighted by molar-refractivity contribution is 7.89. The fourth-order valence-corrected chi connectivity index (χ4v) is 4.13. The molecule has 33 heavy (non-hydrogen) atoms. The highest BCUT2D eigenvalue weighted by atomic mass is 32.2. The van der Waals surface area contributed by atoms with Crippen LogP contribution in [-0.4, -0.2) is 35.1 Å². The molecule has 0 bridgehead atoms. The van der Waals surface area contributed by atoms with Crippen LogP contribution in [0.5, 0.6) is 11.5 Å². The van der Waals surface area contributed by atoms with Gasteiger partial charge in [-0.15, -0.1) is 0 Å². The number of ether oxygens (including phenoxy) is 2. The maximum Gasteiger partial charge on any atom is 0.251 e. The Hall–Kier alpha value is -3.43. The summed E-state index contributed by atoms with van der Waals surface area (Å²) in [6.07, 6.45) is 0.620. The molecule has 0 saturated carbocycles. The van der Waals surface area contributed by atoms with Gasteiger partial charge in [-0.05, 0) is 66.1 Å². The molecule has 0 aliphatic heterocycles. The smallest absolute Gasteiger partial charge is 0.251 e. The molecular weight excluding hydrogens is 447 g/mol. The fraction of sp³-hybridized carbons (Fsp3) is 0.208. The first-order valence-corrected chi connectivity index (χ1v) is 11.6. The van der Waals surface area contributed by atoms with Crippen LogP contribution in [-0.2, 0) is 23.0 Å². The molecule has 3 aromatic rings. The van der Waals surface area contributed by atoms with Crippen molar-refractivity contribution in [3.63, 3.8) is 0 Å². The molecule has 0 aliphatic carbocycles. The van der Waals surface area contributed by atoms with Crippen molar-refractivity contribution in [3.05, 3.63) is 89.2 Å². The van der Waals surface area contributed by atoms with Crippen molar-refractivity contribution >= 4 is 15.9 Å². The molecule has 0 aliphatic rings. The molecule has 0 fully saturated rings. The summed E-state index contributed by atoms with van der Waals surface area (Å²) in [5, 5.41) is 2.86. The van der Waals surface area contributed by atoms with E-state index in [9.17, 15) is 17.6 Å². The van der Waals surface area contributed by atoms with E-state index < -0.39 is 15.8 Å². The highest BCUT2D eigenvalue weighted by Gasteiger charge is 2.14. The van der Waals surface area contributed by atoms with Crippen LogP contribution in [0.3, 0.4) is 0 Å². The minimum absolute atomic E-state index is 0.0191. The predicted molar refractivity (Wildman–Crippen MR) is 122 cm³/mol. The molecule has 0 unspecified atom stereocenters. The summed E-state index contributed by atoms with van der Waals surface area (Å²) in [7, 11) is -0.619. The zero-order valence-electron chi connectivity index (χ0n) is 18.3. The Morgan fingerprint density at radius 1 is 0.879 bits per heavy atom. The molecule has 0 saturated heterocycles. The Balaban J connectivity index is 1.51. The largest absolute Gasteiger partial charge is 0.493 e. The van der Waals surface area contributed by atoms with Gasteiger partial charge in [0.25, 0.3) is 5.91 Å². The van der Waals surface area contributed by atoms with Crippen LogP contribution in [0.25, 0.3) is 0 Å². The first-order valence-electron chi connectivity index (χ1n) is 10.2. The fourth-order valence-electron chi connectivity index (χ4n) is 3.11. The Morgan fingerprint density at radius 3 is 2.15 bits per heavy atom. The first-order chi connectivity index (χ1) is 15.8. The van der Waals surface area contributed by atoms with E-state index >= 15 is 0 Å². The van der Waals surface area contributed by atoms with Crippen LogP contribution in [0.4, 0.5) is 4.39 Å². The van der Waals surface area contributed by atoms with Gasteiger partial charge in [0.1, 0.15) is 5.82 Å². The van der Waals surface area contributed by atoms with Crippen molar-refractivity contribution in [2.45, 2.75) is 17.9 Å². The molecule has 3 rings (SSSR count). The van der Waals surface area contributed by atoms with Gasteiger partial charge in [-0.1, -0.05) is 18.2 Å². The Bertz CT molecular complexity index is 1200. The van der Waals surface area contributed by atoms with Gasteiger partial charge in [-0.25, -0.2) is 17.5 Å². The number of nitrogens with one attached hydrogen (secondary N) is 2. The number of rotatable bonds is 10. The summed E-state index contributed by atoms with van der Waals surface area (Å²) in [6, 6.07) is 16.8. The van der Waals surface area contributed by atoms with Crippen molar-refractivity contribution in [1.82, 2.24) is 10.0 Å². The molecule has 7 nitrogen and oxygen atoms in total. The van der Waals surface area contributed by atoms with Crippen LogP contribution >= 0.6 is 0 Å². The van der Waals surface area contributed by atoms with E-state index in [1.54, 1.807) is 38.5 Å². The van der Waals surface area contributed by atoms with E-state index in [4.69, 9.17) is 9.47 Å². The average Bonchev–Trinajstić information content (AvgIpc) is 2.83. The average molecular weight is 473 g/mol. The maximum atomic E-state index is 13.0. The topological polar surface area (TPSA) is 93.7 Å². The number of carbonyl (C=O) groups is 1. The molecular formula is C24H25FN2O5S. The van der Waals surface area contributed by atoms with Crippen molar-refractivity contribution in [3.8, 4) is 11.5 Å². The molecule has 0 atom stereocenters. The zero-order valence-corrected chi connectivity index (χ0v) is 19.1. The number of benzene rings is 3. The van der Waals surface area contributed by atoms with E-state index in [0.29, 0.717) is 35.6 Å². The van der Waals surface area contributed by atoms with Crippen LogP contribution in [0.15, 0.2) is 71.6 Å². The Kier molecular flexibility index (Phi) is 8.02. The summed E-state index contributed by atoms with van der Waals surface area (Å²) in [5.41, 5.74) is 2.15. The number of carbonyl (C=O) groups excluding carboxylic acids is 1. The molecule has 174 valence electrons. The second-order valence-corrected chi connectivity index (χ2v) is 8.94. The van der Waals surface area contributed by atoms with E-state index in [0.717, 1.165) is 17.7 Å². The number of methoxy groups -OCH3 is 2. The minimum atomic E-state index is -3.76. The van der Waals surface area contributed by atoms with Gasteiger partial charge in [-0.3, -0.25) is 4.79 Å². The van der Waals surface area contributed by atoms with Gasteiger partial charge in [0.2, 0.25) is 10.0 Å². The van der Waals surface area contributed by atoms with Gasteiger partial charge in [0.05, 0.1) is 19.1 Å². The second-order valence-electron chi connectivity index (χ2n) is 7.17. The number of amides is 1. The summed E-state index contributed by atoms with van der Waals surface area (Å²) in [6.45, 7) is 0.481. The van der Waals surface area contributed by atoms with E-state index in [-0.39, 0.29) is 17.3 Å². The van der Waals surface area contributed by atoms with Gasteiger partial charge >= 0.3 is 0 Å². The van der Waals surface area contributed by atoms with Crippen molar-refractivity contribution < 1.29 is 27.1 Å². The Morgan fingerprint density at radius 2 is 1.52 bits per heavy atom. The summed E-state index contributed by atoms with van der Waals surface area (Å²) in [5.74, 6) is 0.540. The molecule has 0 aromatic heterocycles. The third-order valence-corrected chi connectivity index (χ3v) is 6.37. The molecule has 9 heteroatoms. The standard InChI is InChI=1S/C24H25FN2O5S/c1-31-22-12-5-17(15-23(22)32-2)13-14-26-24(28)19-6-3-18(4-7-19)16-27-33(29,30)21-10-8-20(25)9-11-21/h3-12,15,27H,13-14,16H2,1-2H3,(H,26,28). The third-order valence-electron chi connectivity index (χ3n) is 4.95. The van der Waals surface area contributed by atoms with Crippen LogP contribution in [0.2, 0.25) is 0 Å². The number of hydrogen-bond donors (Lipinski definition) is 2. The third kappa shape index (κ3) is 6.53. The molecule has 0 heterocycles. The first kappa shape index (κ1) is 24.2. The molecule has 0 spiro atoms. The van der Waals surface area contributed by atoms with Crippen LogP contribution < -0.4 is 19.5 Å². The maximum absolute atomic E-state index is 13.0. The molecule has 0 radical (unpaired) electrons. The normalized spacial score (nSPS) is 11.1. The predicted octanol–water partition coefficient (Wildman–Crippen LogP) is 3.29. The quantitative estimate of drug-likeness (QED) is 0.472. The number of halogens is 1. The van der Waals surface area contributed by atoms with E-state index in [2.05, 4.69) is 10.0 Å². The molecule has 1 amide bonds. The van der Waals surface area contributed by atoms with Crippen molar-refractivity contribution in [2.24, 2.45) is 0 Å². The van der Waals surface area contributed by atoms with Crippen molar-refractivity contribution in [2.75, 3.05) is 20.8 Å². The molecule has 3 aromatic carbocycles. The summed E-state index contributed by atoms with van der Waals surface area (Å²) in [4.78, 5) is 12.4. The highest BCUT2D eigenvalue weighted by Crippen LogP contribution is 2.27. The van der Waals surface area contributed by atoms with Gasteiger partial charge in [-0.2, -0.15) is 0 Å². The molecule has 2 N–H and O–H groups in total. The van der Waals surface area contributed by atoms with Crippen LogP contribution in [0.1, 0.15) is 21.5 Å². The van der Waals surface area contributed by atoms with Crippen LogP contribution in [0, 0.1) is 5.82 Å². The zero-order chi connectivity index (χ0) is 23.8. The van der Waals surface area contributed by atoms with Gasteiger partial charge < -0.3 is 14.8 Å². The van der Waals surface area contributed by atoms with Gasteiger partial charge in [0.15, 0.2) is 11.5 Å². The SMILES string of the molecule is COc1ccc(CCNC(=O)c2ccc(CNS(=O)(=O)c3ccc(F)cc3)cc2)cc1OC. The lowest BCUT2D eigenvalue weighted by molar-refractivity contribution is 0.0954.